The van der Waals surface area contributed by atoms with Gasteiger partial charge in [0.15, 0.2) is 0 Å². The van der Waals surface area contributed by atoms with Gasteiger partial charge in [0.05, 0.1) is 21.8 Å². The van der Waals surface area contributed by atoms with E-state index in [-0.39, 0.29) is 16.7 Å². The molecule has 1 saturated heterocycles. The molecule has 0 unspecified atom stereocenters. The number of carbonyl (C=O) groups is 2. The summed E-state index contributed by atoms with van der Waals surface area (Å²) in [5, 5.41) is 2.82. The molecule has 1 aliphatic heterocycles. The molecule has 1 heterocycles. The second-order valence-corrected chi connectivity index (χ2v) is 10.3. The van der Waals surface area contributed by atoms with Crippen LogP contribution in [-0.2, 0) is 10.0 Å². The zero-order valence-electron chi connectivity index (χ0n) is 19.2. The van der Waals surface area contributed by atoms with Crippen LogP contribution in [0.15, 0.2) is 77.7 Å². The Morgan fingerprint density at radius 1 is 0.882 bits per heavy atom. The SMILES string of the molecule is Cc1ccc(S(=O)(=O)N(C)c2ccc(C(=O)Nc3ccccc3C(=O)N3CCCC3)cc2)cc1. The third-order valence-electron chi connectivity index (χ3n) is 5.97. The zero-order chi connectivity index (χ0) is 24.3. The number of para-hydroxylation sites is 1. The lowest BCUT2D eigenvalue weighted by molar-refractivity contribution is 0.0794. The molecule has 1 fully saturated rings. The molecule has 3 aromatic rings. The number of anilines is 2. The van der Waals surface area contributed by atoms with Crippen LogP contribution in [0.5, 0.6) is 0 Å². The molecule has 8 heteroatoms. The molecule has 0 radical (unpaired) electrons. The minimum Gasteiger partial charge on any atom is -0.339 e. The van der Waals surface area contributed by atoms with Crippen LogP contribution < -0.4 is 9.62 Å². The van der Waals surface area contributed by atoms with Gasteiger partial charge in [0, 0.05) is 25.7 Å². The van der Waals surface area contributed by atoms with E-state index in [0.29, 0.717) is 22.5 Å². The van der Waals surface area contributed by atoms with E-state index >= 15 is 0 Å². The second-order valence-electron chi connectivity index (χ2n) is 8.33. The molecular formula is C26H27N3O4S. The summed E-state index contributed by atoms with van der Waals surface area (Å²) >= 11 is 0. The lowest BCUT2D eigenvalue weighted by atomic mass is 10.1. The van der Waals surface area contributed by atoms with Gasteiger partial charge < -0.3 is 10.2 Å². The minimum atomic E-state index is -3.72. The van der Waals surface area contributed by atoms with E-state index in [1.165, 1.54) is 11.4 Å². The van der Waals surface area contributed by atoms with Crippen LogP contribution in [0.4, 0.5) is 11.4 Å². The van der Waals surface area contributed by atoms with E-state index in [2.05, 4.69) is 5.32 Å². The van der Waals surface area contributed by atoms with E-state index in [0.717, 1.165) is 31.5 Å². The molecule has 0 spiro atoms. The van der Waals surface area contributed by atoms with Crippen molar-refractivity contribution in [3.05, 3.63) is 89.5 Å². The Morgan fingerprint density at radius 3 is 2.15 bits per heavy atom. The molecule has 3 aromatic carbocycles. The van der Waals surface area contributed by atoms with E-state index in [4.69, 9.17) is 0 Å². The Kier molecular flexibility index (Phi) is 6.70. The summed E-state index contributed by atoms with van der Waals surface area (Å²) in [5.74, 6) is -0.469. The summed E-state index contributed by atoms with van der Waals surface area (Å²) < 4.78 is 27.0. The number of rotatable bonds is 6. The number of carbonyl (C=O) groups excluding carboxylic acids is 2. The van der Waals surface area contributed by atoms with Crippen molar-refractivity contribution < 1.29 is 18.0 Å². The first-order valence-electron chi connectivity index (χ1n) is 11.1. The van der Waals surface area contributed by atoms with E-state index in [9.17, 15) is 18.0 Å². The molecule has 1 N–H and O–H groups in total. The Labute approximate surface area is 200 Å². The van der Waals surface area contributed by atoms with E-state index < -0.39 is 10.0 Å². The maximum absolute atomic E-state index is 12.9. The van der Waals surface area contributed by atoms with Gasteiger partial charge in [0.2, 0.25) is 0 Å². The fraction of sp³-hybridized carbons (Fsp3) is 0.231. The molecule has 0 aromatic heterocycles. The fourth-order valence-electron chi connectivity index (χ4n) is 3.89. The van der Waals surface area contributed by atoms with Crippen molar-refractivity contribution in [3.8, 4) is 0 Å². The summed E-state index contributed by atoms with van der Waals surface area (Å²) in [6, 6.07) is 19.9. The summed E-state index contributed by atoms with van der Waals surface area (Å²) in [7, 11) is -2.25. The molecule has 2 amide bonds. The first-order chi connectivity index (χ1) is 16.3. The smallest absolute Gasteiger partial charge is 0.264 e. The van der Waals surface area contributed by atoms with Gasteiger partial charge in [-0.05, 0) is 68.3 Å². The summed E-state index contributed by atoms with van der Waals surface area (Å²) in [6.45, 7) is 3.34. The van der Waals surface area contributed by atoms with Gasteiger partial charge in [-0.25, -0.2) is 8.42 Å². The third kappa shape index (κ3) is 4.82. The summed E-state index contributed by atoms with van der Waals surface area (Å²) in [4.78, 5) is 27.7. The lowest BCUT2D eigenvalue weighted by Gasteiger charge is -2.20. The zero-order valence-corrected chi connectivity index (χ0v) is 20.0. The summed E-state index contributed by atoms with van der Waals surface area (Å²) in [5.41, 5.74) is 2.67. The highest BCUT2D eigenvalue weighted by atomic mass is 32.2. The number of nitrogens with zero attached hydrogens (tertiary/aromatic N) is 2. The number of amides is 2. The van der Waals surface area contributed by atoms with Crippen LogP contribution in [0.1, 0.15) is 39.1 Å². The highest BCUT2D eigenvalue weighted by molar-refractivity contribution is 7.92. The highest BCUT2D eigenvalue weighted by Crippen LogP contribution is 2.24. The lowest BCUT2D eigenvalue weighted by Crippen LogP contribution is -2.28. The van der Waals surface area contributed by atoms with Gasteiger partial charge in [0.25, 0.3) is 21.8 Å². The monoisotopic (exact) mass is 477 g/mol. The van der Waals surface area contributed by atoms with Gasteiger partial charge >= 0.3 is 0 Å². The molecular weight excluding hydrogens is 450 g/mol. The summed E-state index contributed by atoms with van der Waals surface area (Å²) in [6.07, 6.45) is 1.97. The molecule has 0 saturated carbocycles. The average molecular weight is 478 g/mol. The Bertz CT molecular complexity index is 1300. The molecule has 4 rings (SSSR count). The van der Waals surface area contributed by atoms with E-state index in [1.54, 1.807) is 77.7 Å². The van der Waals surface area contributed by atoms with Crippen molar-refractivity contribution in [2.75, 3.05) is 29.8 Å². The third-order valence-corrected chi connectivity index (χ3v) is 7.77. The minimum absolute atomic E-state index is 0.0910. The van der Waals surface area contributed by atoms with E-state index in [1.807, 2.05) is 6.92 Å². The van der Waals surface area contributed by atoms with Crippen LogP contribution in [-0.4, -0.2) is 45.3 Å². The topological polar surface area (TPSA) is 86.8 Å². The van der Waals surface area contributed by atoms with Crippen LogP contribution in [0.25, 0.3) is 0 Å². The van der Waals surface area contributed by atoms with Gasteiger partial charge in [-0.3, -0.25) is 13.9 Å². The predicted octanol–water partition coefficient (Wildman–Crippen LogP) is 4.31. The number of hydrogen-bond donors (Lipinski definition) is 1. The molecule has 7 nitrogen and oxygen atoms in total. The van der Waals surface area contributed by atoms with Crippen LogP contribution >= 0.6 is 0 Å². The average Bonchev–Trinajstić information content (AvgIpc) is 3.39. The van der Waals surface area contributed by atoms with Crippen LogP contribution in [0.3, 0.4) is 0 Å². The van der Waals surface area contributed by atoms with Gasteiger partial charge in [-0.1, -0.05) is 29.8 Å². The maximum atomic E-state index is 12.9. The van der Waals surface area contributed by atoms with Gasteiger partial charge in [0.1, 0.15) is 0 Å². The fourth-order valence-corrected chi connectivity index (χ4v) is 5.09. The number of hydrogen-bond acceptors (Lipinski definition) is 4. The Morgan fingerprint density at radius 2 is 1.50 bits per heavy atom. The predicted molar refractivity (Wildman–Crippen MR) is 133 cm³/mol. The van der Waals surface area contributed by atoms with Crippen LogP contribution in [0.2, 0.25) is 0 Å². The second kappa shape index (κ2) is 9.69. The van der Waals surface area contributed by atoms with Gasteiger partial charge in [-0.15, -0.1) is 0 Å². The Hall–Kier alpha value is -3.65. The quantitative estimate of drug-likeness (QED) is 0.573. The van der Waals surface area contributed by atoms with Gasteiger partial charge in [-0.2, -0.15) is 0 Å². The van der Waals surface area contributed by atoms with Crippen LogP contribution in [0, 0.1) is 6.92 Å². The van der Waals surface area contributed by atoms with Crippen molar-refractivity contribution in [2.24, 2.45) is 0 Å². The molecule has 0 bridgehead atoms. The Balaban J connectivity index is 1.50. The standard InChI is InChI=1S/C26H27N3O4S/c1-19-9-15-22(16-10-19)34(32,33)28(2)21-13-11-20(12-14-21)25(30)27-24-8-4-3-7-23(24)26(31)29-17-5-6-18-29/h3-4,7-16H,5-6,17-18H2,1-2H3,(H,27,30). The normalized spacial score (nSPS) is 13.5. The number of sulfonamides is 1. The van der Waals surface area contributed by atoms with Crippen molar-refractivity contribution in [1.82, 2.24) is 4.90 Å². The van der Waals surface area contributed by atoms with Crippen molar-refractivity contribution in [1.29, 1.82) is 0 Å². The highest BCUT2D eigenvalue weighted by Gasteiger charge is 2.23. The number of nitrogens with one attached hydrogen (secondary N) is 1. The molecule has 176 valence electrons. The van der Waals surface area contributed by atoms with Crippen molar-refractivity contribution in [3.63, 3.8) is 0 Å². The first kappa shape index (κ1) is 23.5. The number of likely N-dealkylation sites (tertiary alicyclic amines) is 1. The molecule has 0 aliphatic carbocycles. The maximum Gasteiger partial charge on any atom is 0.264 e. The first-order valence-corrected chi connectivity index (χ1v) is 12.6. The largest absolute Gasteiger partial charge is 0.339 e. The van der Waals surface area contributed by atoms with Crippen molar-refractivity contribution >= 4 is 33.2 Å². The van der Waals surface area contributed by atoms with Crippen molar-refractivity contribution in [2.45, 2.75) is 24.7 Å². The number of aryl methyl sites for hydroxylation is 1. The molecule has 0 atom stereocenters. The molecule has 1 aliphatic rings. The number of benzene rings is 3. The molecule has 34 heavy (non-hydrogen) atoms.